The van der Waals surface area contributed by atoms with Gasteiger partial charge in [0.15, 0.2) is 5.82 Å². The molecule has 3 rings (SSSR count). The molecule has 0 aliphatic carbocycles. The molecule has 2 heterocycles. The summed E-state index contributed by atoms with van der Waals surface area (Å²) < 4.78 is 7.56. The number of ether oxygens (including phenoxy) is 1. The standard InChI is InChI=1S/C18H22ClN3O2/c1-2-21-11-9-20-17(18(21)23)22-10-5-6-14(12-22)13-24-16-8-4-3-7-15(16)19/h3-4,7-9,11,14H,2,5-6,10,12-13H2,1H3/t14-/m0/s1. The molecule has 6 heteroatoms. The van der Waals surface area contributed by atoms with E-state index in [2.05, 4.69) is 9.88 Å². The summed E-state index contributed by atoms with van der Waals surface area (Å²) in [7, 11) is 0. The van der Waals surface area contributed by atoms with E-state index in [1.807, 2.05) is 31.2 Å². The van der Waals surface area contributed by atoms with E-state index in [4.69, 9.17) is 16.3 Å². The number of halogens is 1. The highest BCUT2D eigenvalue weighted by molar-refractivity contribution is 6.32. The largest absolute Gasteiger partial charge is 0.492 e. The molecule has 1 aromatic heterocycles. The molecular weight excluding hydrogens is 326 g/mol. The molecule has 1 aliphatic heterocycles. The van der Waals surface area contributed by atoms with Crippen molar-refractivity contribution < 1.29 is 4.74 Å². The summed E-state index contributed by atoms with van der Waals surface area (Å²) in [4.78, 5) is 18.8. The molecule has 0 radical (unpaired) electrons. The van der Waals surface area contributed by atoms with E-state index in [0.717, 1.165) is 25.9 Å². The molecule has 0 amide bonds. The van der Waals surface area contributed by atoms with Gasteiger partial charge in [-0.25, -0.2) is 4.98 Å². The van der Waals surface area contributed by atoms with E-state index in [1.54, 1.807) is 17.0 Å². The molecule has 1 fully saturated rings. The number of para-hydroxylation sites is 1. The van der Waals surface area contributed by atoms with Crippen LogP contribution in [0, 0.1) is 5.92 Å². The SMILES string of the molecule is CCn1ccnc(N2CCC[C@H](COc3ccccc3Cl)C2)c1=O. The van der Waals surface area contributed by atoms with Crippen molar-refractivity contribution in [2.24, 2.45) is 5.92 Å². The Morgan fingerprint density at radius 3 is 3.00 bits per heavy atom. The van der Waals surface area contributed by atoms with Gasteiger partial charge in [-0.3, -0.25) is 4.79 Å². The van der Waals surface area contributed by atoms with Gasteiger partial charge in [-0.2, -0.15) is 0 Å². The third-order valence-electron chi connectivity index (χ3n) is 4.37. The molecule has 0 bridgehead atoms. The average Bonchev–Trinajstić information content (AvgIpc) is 2.61. The monoisotopic (exact) mass is 347 g/mol. The van der Waals surface area contributed by atoms with Crippen LogP contribution in [0.25, 0.3) is 0 Å². The lowest BCUT2D eigenvalue weighted by molar-refractivity contribution is 0.228. The Balaban J connectivity index is 1.67. The maximum absolute atomic E-state index is 12.4. The number of benzene rings is 1. The zero-order valence-electron chi connectivity index (χ0n) is 13.8. The minimum absolute atomic E-state index is 0.0207. The maximum atomic E-state index is 12.4. The first-order valence-electron chi connectivity index (χ1n) is 8.36. The minimum Gasteiger partial charge on any atom is -0.492 e. The zero-order valence-corrected chi connectivity index (χ0v) is 14.6. The number of hydrogen-bond acceptors (Lipinski definition) is 4. The lowest BCUT2D eigenvalue weighted by Crippen LogP contribution is -2.41. The summed E-state index contributed by atoms with van der Waals surface area (Å²) in [5.41, 5.74) is -0.0207. The van der Waals surface area contributed by atoms with Gasteiger partial charge in [-0.15, -0.1) is 0 Å². The Bertz CT molecular complexity index is 747. The Morgan fingerprint density at radius 1 is 1.38 bits per heavy atom. The van der Waals surface area contributed by atoms with Gasteiger partial charge in [-0.05, 0) is 31.9 Å². The molecule has 2 aromatic rings. The van der Waals surface area contributed by atoms with Crippen LogP contribution in [0.1, 0.15) is 19.8 Å². The number of aromatic nitrogens is 2. The fourth-order valence-electron chi connectivity index (χ4n) is 3.06. The molecule has 0 N–H and O–H groups in total. The van der Waals surface area contributed by atoms with Gasteiger partial charge in [0, 0.05) is 37.9 Å². The van der Waals surface area contributed by atoms with Gasteiger partial charge in [0.25, 0.3) is 5.56 Å². The molecule has 0 spiro atoms. The number of nitrogens with zero attached hydrogens (tertiary/aromatic N) is 3. The second-order valence-corrected chi connectivity index (χ2v) is 6.44. The Labute approximate surface area is 146 Å². The van der Waals surface area contributed by atoms with Gasteiger partial charge in [0.05, 0.1) is 11.6 Å². The van der Waals surface area contributed by atoms with Gasteiger partial charge in [0.1, 0.15) is 5.75 Å². The third-order valence-corrected chi connectivity index (χ3v) is 4.68. The quantitative estimate of drug-likeness (QED) is 0.833. The van der Waals surface area contributed by atoms with Crippen LogP contribution in [0.4, 0.5) is 5.82 Å². The highest BCUT2D eigenvalue weighted by atomic mass is 35.5. The molecule has 1 aliphatic rings. The number of piperidine rings is 1. The Morgan fingerprint density at radius 2 is 2.21 bits per heavy atom. The molecule has 1 saturated heterocycles. The summed E-state index contributed by atoms with van der Waals surface area (Å²) in [5.74, 6) is 1.61. The summed E-state index contributed by atoms with van der Waals surface area (Å²) in [6, 6.07) is 7.50. The van der Waals surface area contributed by atoms with Crippen molar-refractivity contribution in [3.63, 3.8) is 0 Å². The van der Waals surface area contributed by atoms with E-state index in [9.17, 15) is 4.79 Å². The first-order valence-corrected chi connectivity index (χ1v) is 8.74. The Hall–Kier alpha value is -2.01. The van der Waals surface area contributed by atoms with Crippen molar-refractivity contribution in [3.05, 3.63) is 52.0 Å². The van der Waals surface area contributed by atoms with Crippen LogP contribution >= 0.6 is 11.6 Å². The van der Waals surface area contributed by atoms with Crippen LogP contribution in [0.2, 0.25) is 5.02 Å². The first kappa shape index (κ1) is 16.8. The summed E-state index contributed by atoms with van der Waals surface area (Å²) in [6.45, 7) is 4.84. The fraction of sp³-hybridized carbons (Fsp3) is 0.444. The molecular formula is C18H22ClN3O2. The molecule has 24 heavy (non-hydrogen) atoms. The van der Waals surface area contributed by atoms with Crippen LogP contribution in [0.3, 0.4) is 0 Å². The molecule has 1 atom stereocenters. The van der Waals surface area contributed by atoms with Crippen molar-refractivity contribution in [1.29, 1.82) is 0 Å². The van der Waals surface area contributed by atoms with Crippen LogP contribution < -0.4 is 15.2 Å². The van der Waals surface area contributed by atoms with Gasteiger partial charge < -0.3 is 14.2 Å². The van der Waals surface area contributed by atoms with Crippen LogP contribution in [-0.4, -0.2) is 29.2 Å². The number of anilines is 1. The molecule has 5 nitrogen and oxygen atoms in total. The topological polar surface area (TPSA) is 47.4 Å². The molecule has 0 unspecified atom stereocenters. The summed E-state index contributed by atoms with van der Waals surface area (Å²) >= 11 is 6.13. The third kappa shape index (κ3) is 3.73. The second-order valence-electron chi connectivity index (χ2n) is 6.04. The normalized spacial score (nSPS) is 17.8. The zero-order chi connectivity index (χ0) is 16.9. The van der Waals surface area contributed by atoms with E-state index < -0.39 is 0 Å². The molecule has 128 valence electrons. The maximum Gasteiger partial charge on any atom is 0.293 e. The average molecular weight is 348 g/mol. The van der Waals surface area contributed by atoms with Crippen LogP contribution in [-0.2, 0) is 6.54 Å². The van der Waals surface area contributed by atoms with Crippen molar-refractivity contribution in [2.45, 2.75) is 26.3 Å². The highest BCUT2D eigenvalue weighted by Crippen LogP contribution is 2.25. The summed E-state index contributed by atoms with van der Waals surface area (Å²) in [5, 5.41) is 0.626. The first-order chi connectivity index (χ1) is 11.7. The highest BCUT2D eigenvalue weighted by Gasteiger charge is 2.23. The predicted octanol–water partition coefficient (Wildman–Crippen LogP) is 3.21. The second kappa shape index (κ2) is 7.71. The lowest BCUT2D eigenvalue weighted by Gasteiger charge is -2.33. The number of aryl methyl sites for hydroxylation is 1. The molecule has 1 aromatic carbocycles. The van der Waals surface area contributed by atoms with Crippen LogP contribution in [0.15, 0.2) is 41.5 Å². The Kier molecular flexibility index (Phi) is 5.41. The van der Waals surface area contributed by atoms with Crippen molar-refractivity contribution >= 4 is 17.4 Å². The van der Waals surface area contributed by atoms with E-state index in [0.29, 0.717) is 35.7 Å². The summed E-state index contributed by atoms with van der Waals surface area (Å²) in [6.07, 6.45) is 5.53. The molecule has 0 saturated carbocycles. The minimum atomic E-state index is -0.0207. The van der Waals surface area contributed by atoms with E-state index in [1.165, 1.54) is 0 Å². The van der Waals surface area contributed by atoms with Crippen LogP contribution in [0.5, 0.6) is 5.75 Å². The predicted molar refractivity (Wildman–Crippen MR) is 96.1 cm³/mol. The van der Waals surface area contributed by atoms with Gasteiger partial charge in [-0.1, -0.05) is 23.7 Å². The van der Waals surface area contributed by atoms with E-state index in [-0.39, 0.29) is 5.56 Å². The van der Waals surface area contributed by atoms with Gasteiger partial charge >= 0.3 is 0 Å². The number of rotatable bonds is 5. The smallest absolute Gasteiger partial charge is 0.293 e. The van der Waals surface area contributed by atoms with Crippen molar-refractivity contribution in [2.75, 3.05) is 24.6 Å². The van der Waals surface area contributed by atoms with Crippen molar-refractivity contribution in [3.8, 4) is 5.75 Å². The fourth-order valence-corrected chi connectivity index (χ4v) is 3.25. The van der Waals surface area contributed by atoms with E-state index >= 15 is 0 Å². The lowest BCUT2D eigenvalue weighted by atomic mass is 9.99. The number of hydrogen-bond donors (Lipinski definition) is 0. The van der Waals surface area contributed by atoms with Crippen molar-refractivity contribution in [1.82, 2.24) is 9.55 Å². The van der Waals surface area contributed by atoms with Gasteiger partial charge in [0.2, 0.25) is 0 Å².